The van der Waals surface area contributed by atoms with Crippen molar-refractivity contribution in [3.8, 4) is 146 Å². The van der Waals surface area contributed by atoms with Crippen molar-refractivity contribution in [2.75, 3.05) is 0 Å². The first kappa shape index (κ1) is 107. The number of carbonyl (C=O) groups excluding carboxylic acids is 1. The number of aromatic nitrogens is 8. The first-order valence-corrected chi connectivity index (χ1v) is 45.2. The fraction of sp³-hybridized carbons (Fsp3) is 0.0620. The average Bonchev–Trinajstić information content (AvgIpc) is 0.766. The largest absolute Gasteiger partial charge is 0.512 e. The molecule has 15 heteroatoms. The van der Waals surface area contributed by atoms with Crippen LogP contribution in [0.15, 0.2) is 486 Å². The summed E-state index contributed by atoms with van der Waals surface area (Å²) in [7, 11) is 0. The number of allylic oxidation sites excluding steroid dienone is 2. The van der Waals surface area contributed by atoms with Crippen molar-refractivity contribution >= 4 is 5.78 Å². The van der Waals surface area contributed by atoms with E-state index in [9.17, 15) is 4.79 Å². The van der Waals surface area contributed by atoms with Crippen LogP contribution in [0.3, 0.4) is 0 Å². The number of hydrogen-bond acceptors (Lipinski definition) is 10. The van der Waals surface area contributed by atoms with Crippen LogP contribution in [-0.4, -0.2) is 50.8 Å². The van der Waals surface area contributed by atoms with E-state index in [4.69, 9.17) is 12.0 Å². The third-order valence-electron chi connectivity index (χ3n) is 21.1. The molecule has 0 saturated heterocycles. The van der Waals surface area contributed by atoms with Gasteiger partial charge in [-0.2, -0.15) is 0 Å². The molecule has 0 spiro atoms. The van der Waals surface area contributed by atoms with E-state index in [1.807, 2.05) is 323 Å². The zero-order valence-corrected chi connectivity index (χ0v) is 92.3. The Morgan fingerprint density at radius 3 is 1.02 bits per heavy atom. The van der Waals surface area contributed by atoms with E-state index in [-0.39, 0.29) is 142 Å². The number of hydrogen-bond donors (Lipinski definition) is 1. The predicted molar refractivity (Wildman–Crippen MR) is 571 cm³/mol. The molecule has 8 heterocycles. The second-order valence-electron chi connectivity index (χ2n) is 31.7. The van der Waals surface area contributed by atoms with E-state index in [0.29, 0.717) is 5.56 Å². The minimum atomic E-state index is -0.394. The summed E-state index contributed by atoms with van der Waals surface area (Å²) in [4.78, 5) is 45.2. The Hall–Kier alpha value is -14.5. The van der Waals surface area contributed by atoms with E-state index in [1.54, 1.807) is 24.7 Å². The summed E-state index contributed by atoms with van der Waals surface area (Å²) in [5.74, 6) is -0.0625. The van der Waals surface area contributed by atoms with E-state index in [0.717, 1.165) is 107 Å². The maximum absolute atomic E-state index is 10.0. The van der Waals surface area contributed by atoms with Gasteiger partial charge in [-0.25, -0.2) is 0 Å². The summed E-state index contributed by atoms with van der Waals surface area (Å²) < 4.78 is 39.4. The van der Waals surface area contributed by atoms with Gasteiger partial charge < -0.3 is 45.0 Å². The molecule has 0 aliphatic rings. The smallest absolute Gasteiger partial charge is 0.155 e. The standard InChI is InChI=1S/C19H16N.2C18H14N.2C17H12N.2C12H10N.C11H8N.C5H8O2.5Ir/c1-14-10-15(2)12-18(11-14)19-9-8-17(13-20-19)16-6-4-3-5-7-16;2*1-14-12-18(16-10-6-3-7-11-16)19-13-17(14)15-8-4-2-5-9-15;2*1-3-7-14(8-4-1)16-11-12-18-17(13-16)15-9-5-2-6-10-15;1-10-6-2-3-7-11(10)12-8-4-5-9-13-12;1-10-6-5-9-13-12(10)11-7-3-2-4-8-11;1-2-6-10(7-3-1)11-8-4-5-9-12-11;1-4(6)3-5(2)7;;;;;/h3-11,13H,1-2H3;2*2-10,12-13H,1H3;2*1-9,11-13H;2-6,8-9H,1H3;2-7,9H,1H3;1-6,8-9H;3,6H,1-2H3;;;;;/q8*-1;;;;;;/i;2D,4D,5D,8D,9D;;;;;;;;;;;;. The first-order chi connectivity index (χ1) is 70.2. The Morgan fingerprint density at radius 2 is 0.639 bits per heavy atom. The molecule has 0 unspecified atom stereocenters. The minimum absolute atomic E-state index is 0. The van der Waals surface area contributed by atoms with Gasteiger partial charge in [0.2, 0.25) is 0 Å². The van der Waals surface area contributed by atoms with Gasteiger partial charge in [-0.15, -0.1) is 286 Å². The molecule has 144 heavy (non-hydrogen) atoms. The second kappa shape index (κ2) is 62.7. The number of aliphatic hydroxyl groups excluding tert-OH is 1. The fourth-order valence-corrected chi connectivity index (χ4v) is 14.3. The van der Waals surface area contributed by atoms with Crippen LogP contribution in [-0.2, 0) is 105 Å². The third-order valence-corrected chi connectivity index (χ3v) is 21.1. The molecule has 1 N–H and O–H groups in total. The van der Waals surface area contributed by atoms with Crippen LogP contribution in [0, 0.1) is 90.1 Å². The summed E-state index contributed by atoms with van der Waals surface area (Å²) in [6.45, 7) is 15.1. The van der Waals surface area contributed by atoms with Gasteiger partial charge >= 0.3 is 0 Å². The third kappa shape index (κ3) is 36.8. The SMILES string of the molecule is CC(=O)C=C(C)O.Cc1[c-]c(-c2ccc(-c3ccccc3)cn2)cc(C)c1.Cc1cc(-c2[c-]cccc2)ncc1-c1ccccc1.Cc1ccc[c-]c1-c1ccccn1.Cc1cccnc1-c1[c-]cccc1.[2H]c1c([2H])c([2H])c(-c2cnc(-c3[c-]cccc3)cc2C)c([2H])c1[2H].[Ir].[Ir].[Ir].[Ir].[Ir].[c-]1ccccc1-c1cc(-c2ccccc2)ccn1.[c-]1ccccc1-c1cc(-c2ccccc2)ccn1.[c-]1ccccc1-c1ccccn1. The topological polar surface area (TPSA) is 140 Å². The number of carbonyl (C=O) groups is 1. The Kier molecular flexibility index (Phi) is 46.5. The molecule has 0 aliphatic carbocycles. The van der Waals surface area contributed by atoms with E-state index < -0.39 is 6.04 Å². The Labute approximate surface area is 923 Å². The van der Waals surface area contributed by atoms with Crippen LogP contribution in [0.2, 0.25) is 0 Å². The van der Waals surface area contributed by atoms with Crippen LogP contribution in [0.5, 0.6) is 0 Å². The van der Waals surface area contributed by atoms with Crippen molar-refractivity contribution in [1.29, 1.82) is 0 Å². The summed E-state index contributed by atoms with van der Waals surface area (Å²) in [6, 6.07) is 155. The average molecular weight is 2760 g/mol. The number of pyridine rings is 8. The van der Waals surface area contributed by atoms with Gasteiger partial charge in [0.1, 0.15) is 0 Å². The number of aryl methyl sites for hydroxylation is 6. The second-order valence-corrected chi connectivity index (χ2v) is 31.7. The molecule has 5 radical (unpaired) electrons. The molecule has 21 aromatic rings. The maximum Gasteiger partial charge on any atom is 0.155 e. The van der Waals surface area contributed by atoms with Gasteiger partial charge in [-0.05, 0) is 166 Å². The molecule has 725 valence electrons. The van der Waals surface area contributed by atoms with Crippen LogP contribution < -0.4 is 0 Å². The van der Waals surface area contributed by atoms with Gasteiger partial charge in [-0.3, -0.25) is 4.79 Å². The molecule has 13 aromatic carbocycles. The molecule has 0 fully saturated rings. The molecule has 0 aliphatic heterocycles. The molecular formula is C129H104Ir5N8O2-8. The van der Waals surface area contributed by atoms with Crippen molar-refractivity contribution in [3.05, 3.63) is 568 Å². The predicted octanol–water partition coefficient (Wildman–Crippen LogP) is 31.6. The number of nitrogens with zero attached hydrogens (tertiary/aromatic N) is 8. The number of benzene rings is 13. The molecule has 10 nitrogen and oxygen atoms in total. The molecule has 0 saturated carbocycles. The quantitative estimate of drug-likeness (QED) is 0.0635. The van der Waals surface area contributed by atoms with Crippen molar-refractivity contribution in [1.82, 2.24) is 39.9 Å². The molecule has 0 bridgehead atoms. The summed E-state index contributed by atoms with van der Waals surface area (Å²) in [5.41, 5.74) is 32.7. The fourth-order valence-electron chi connectivity index (χ4n) is 14.3. The Morgan fingerprint density at radius 1 is 0.271 bits per heavy atom. The van der Waals surface area contributed by atoms with Crippen LogP contribution in [0.1, 0.15) is 54.1 Å². The van der Waals surface area contributed by atoms with Gasteiger partial charge in [0.15, 0.2) is 5.78 Å². The van der Waals surface area contributed by atoms with Crippen LogP contribution in [0.4, 0.5) is 0 Å². The first-order valence-electron chi connectivity index (χ1n) is 47.7. The van der Waals surface area contributed by atoms with Crippen molar-refractivity contribution in [3.63, 3.8) is 0 Å². The summed E-state index contributed by atoms with van der Waals surface area (Å²) in [6.07, 6.45) is 15.7. The van der Waals surface area contributed by atoms with Gasteiger partial charge in [-0.1, -0.05) is 245 Å². The van der Waals surface area contributed by atoms with Crippen LogP contribution in [0.25, 0.3) is 146 Å². The van der Waals surface area contributed by atoms with Crippen LogP contribution >= 0.6 is 0 Å². The molecule has 21 rings (SSSR count). The number of ketones is 1. The minimum Gasteiger partial charge on any atom is -0.512 e. The van der Waals surface area contributed by atoms with E-state index >= 15 is 0 Å². The Balaban J connectivity index is 0.000000206. The van der Waals surface area contributed by atoms with Gasteiger partial charge in [0, 0.05) is 167 Å². The number of rotatable bonds is 14. The van der Waals surface area contributed by atoms with Gasteiger partial charge in [0.25, 0.3) is 0 Å². The Bertz CT molecular complexity index is 7240. The molecule has 0 amide bonds. The molecular weight excluding hydrogens is 2650 g/mol. The zero-order valence-electron chi connectivity index (χ0n) is 85.3. The van der Waals surface area contributed by atoms with E-state index in [2.05, 4.69) is 226 Å². The maximum atomic E-state index is 10.0. The van der Waals surface area contributed by atoms with E-state index in [1.165, 1.54) is 81.1 Å². The summed E-state index contributed by atoms with van der Waals surface area (Å²) >= 11 is 0. The monoisotopic (exact) mass is 2770 g/mol. The molecule has 0 atom stereocenters. The zero-order chi connectivity index (χ0) is 101. The summed E-state index contributed by atoms with van der Waals surface area (Å²) in [5, 5.41) is 8.36. The molecule has 8 aromatic heterocycles. The van der Waals surface area contributed by atoms with Crippen molar-refractivity contribution in [2.24, 2.45) is 0 Å². The van der Waals surface area contributed by atoms with Gasteiger partial charge in [0.05, 0.1) is 12.6 Å². The number of aliphatic hydroxyl groups is 1. The van der Waals surface area contributed by atoms with Crippen molar-refractivity contribution < 1.29 is 117 Å². The normalized spacial score (nSPS) is 10.4. The van der Waals surface area contributed by atoms with Crippen molar-refractivity contribution in [2.45, 2.75) is 55.4 Å².